The molecule has 2 aromatic rings. The molecule has 2 aromatic carbocycles. The molecule has 0 atom stereocenters. The molecular weight excluding hydrogens is 240 g/mol. The van der Waals surface area contributed by atoms with E-state index in [0.29, 0.717) is 11.3 Å². The number of aryl methyl sites for hydroxylation is 1. The predicted octanol–water partition coefficient (Wildman–Crippen LogP) is 3.32. The molecule has 0 bridgehead atoms. The van der Waals surface area contributed by atoms with Crippen LogP contribution in [-0.4, -0.2) is 11.1 Å². The van der Waals surface area contributed by atoms with Gasteiger partial charge in [0.25, 0.3) is 0 Å². The fourth-order valence-electron chi connectivity index (χ4n) is 1.60. The van der Waals surface area contributed by atoms with Crippen molar-refractivity contribution in [2.45, 2.75) is 6.92 Å². The Morgan fingerprint density at radius 1 is 1.11 bits per heavy atom. The van der Waals surface area contributed by atoms with Crippen molar-refractivity contribution in [1.82, 2.24) is 0 Å². The molecule has 3 nitrogen and oxygen atoms in total. The molecule has 0 saturated heterocycles. The topological polar surface area (TPSA) is 46.5 Å². The third kappa shape index (κ3) is 3.45. The Hall–Kier alpha value is -2.55. The quantitative estimate of drug-likeness (QED) is 0.519. The van der Waals surface area contributed by atoms with Crippen LogP contribution >= 0.6 is 0 Å². The minimum Gasteiger partial charge on any atom is -0.507 e. The number of hydrogen-bond acceptors (Lipinski definition) is 3. The number of carbonyl (C=O) groups excluding carboxylic acids is 1. The van der Waals surface area contributed by atoms with Gasteiger partial charge in [-0.05, 0) is 30.7 Å². The molecule has 0 aliphatic rings. The summed E-state index contributed by atoms with van der Waals surface area (Å²) in [6.45, 7) is 1.87. The first kappa shape index (κ1) is 12.9. The van der Waals surface area contributed by atoms with Crippen molar-refractivity contribution < 1.29 is 14.6 Å². The van der Waals surface area contributed by atoms with Crippen LogP contribution in [0.15, 0.2) is 54.6 Å². The van der Waals surface area contributed by atoms with Gasteiger partial charge in [-0.15, -0.1) is 0 Å². The van der Waals surface area contributed by atoms with Gasteiger partial charge in [0.1, 0.15) is 11.5 Å². The van der Waals surface area contributed by atoms with E-state index in [4.69, 9.17) is 4.74 Å². The van der Waals surface area contributed by atoms with E-state index < -0.39 is 5.97 Å². The van der Waals surface area contributed by atoms with Crippen molar-refractivity contribution in [2.24, 2.45) is 0 Å². The minimum atomic E-state index is -0.474. The fourth-order valence-corrected chi connectivity index (χ4v) is 1.60. The smallest absolute Gasteiger partial charge is 0.336 e. The van der Waals surface area contributed by atoms with Gasteiger partial charge >= 0.3 is 5.97 Å². The third-order valence-electron chi connectivity index (χ3n) is 2.64. The molecule has 0 fully saturated rings. The van der Waals surface area contributed by atoms with Crippen LogP contribution in [0, 0.1) is 6.92 Å². The van der Waals surface area contributed by atoms with Crippen molar-refractivity contribution >= 4 is 12.0 Å². The van der Waals surface area contributed by atoms with Gasteiger partial charge in [0.15, 0.2) is 0 Å². The molecule has 0 aliphatic carbocycles. The molecule has 0 spiro atoms. The molecule has 2 rings (SSSR count). The second-order valence-corrected chi connectivity index (χ2v) is 4.08. The van der Waals surface area contributed by atoms with Gasteiger partial charge in [-0.2, -0.15) is 0 Å². The van der Waals surface area contributed by atoms with Gasteiger partial charge in [-0.25, -0.2) is 4.79 Å². The first-order chi connectivity index (χ1) is 9.16. The number of phenols is 1. The summed E-state index contributed by atoms with van der Waals surface area (Å²) < 4.78 is 5.20. The van der Waals surface area contributed by atoms with E-state index >= 15 is 0 Å². The number of carbonyl (C=O) groups is 1. The number of esters is 1. The molecule has 0 radical (unpaired) electrons. The summed E-state index contributed by atoms with van der Waals surface area (Å²) in [6.07, 6.45) is 2.82. The fraction of sp³-hybridized carbons (Fsp3) is 0.0625. The van der Waals surface area contributed by atoms with Crippen LogP contribution in [0.2, 0.25) is 0 Å². The van der Waals surface area contributed by atoms with E-state index in [0.717, 1.165) is 5.56 Å². The molecule has 0 heterocycles. The maximum Gasteiger partial charge on any atom is 0.336 e. The predicted molar refractivity (Wildman–Crippen MR) is 74.0 cm³/mol. The van der Waals surface area contributed by atoms with Crippen LogP contribution in [0.3, 0.4) is 0 Å². The Labute approximate surface area is 111 Å². The number of benzene rings is 2. The van der Waals surface area contributed by atoms with Gasteiger partial charge in [-0.1, -0.05) is 36.4 Å². The summed E-state index contributed by atoms with van der Waals surface area (Å²) in [6, 6.07) is 14.1. The van der Waals surface area contributed by atoms with E-state index in [1.807, 2.05) is 25.1 Å². The second kappa shape index (κ2) is 5.87. The zero-order chi connectivity index (χ0) is 13.7. The summed E-state index contributed by atoms with van der Waals surface area (Å²) in [5.41, 5.74) is 1.47. The highest BCUT2D eigenvalue weighted by molar-refractivity contribution is 5.89. The number of para-hydroxylation sites is 2. The molecule has 19 heavy (non-hydrogen) atoms. The Morgan fingerprint density at radius 3 is 2.53 bits per heavy atom. The Morgan fingerprint density at radius 2 is 1.79 bits per heavy atom. The maximum atomic E-state index is 11.7. The zero-order valence-corrected chi connectivity index (χ0v) is 10.5. The van der Waals surface area contributed by atoms with Gasteiger partial charge in [-0.3, -0.25) is 0 Å². The lowest BCUT2D eigenvalue weighted by atomic mass is 10.2. The highest BCUT2D eigenvalue weighted by Crippen LogP contribution is 2.18. The van der Waals surface area contributed by atoms with Gasteiger partial charge in [0.2, 0.25) is 0 Å². The summed E-state index contributed by atoms with van der Waals surface area (Å²) >= 11 is 0. The van der Waals surface area contributed by atoms with E-state index in [1.165, 1.54) is 12.2 Å². The molecule has 0 aliphatic heterocycles. The maximum absolute atomic E-state index is 11.7. The Balaban J connectivity index is 2.06. The van der Waals surface area contributed by atoms with E-state index in [2.05, 4.69) is 0 Å². The van der Waals surface area contributed by atoms with Crippen LogP contribution in [0.5, 0.6) is 11.5 Å². The number of phenolic OH excluding ortho intramolecular Hbond substituents is 1. The second-order valence-electron chi connectivity index (χ2n) is 4.08. The highest BCUT2D eigenvalue weighted by Gasteiger charge is 2.03. The Kier molecular flexibility index (Phi) is 3.98. The first-order valence-corrected chi connectivity index (χ1v) is 5.90. The van der Waals surface area contributed by atoms with Crippen LogP contribution in [0.1, 0.15) is 11.1 Å². The SMILES string of the molecule is Cc1ccccc1OC(=O)/C=C/c1ccccc1O. The van der Waals surface area contributed by atoms with E-state index in [-0.39, 0.29) is 5.75 Å². The van der Waals surface area contributed by atoms with Crippen LogP contribution in [-0.2, 0) is 4.79 Å². The van der Waals surface area contributed by atoms with Gasteiger partial charge < -0.3 is 9.84 Å². The van der Waals surface area contributed by atoms with Gasteiger partial charge in [0, 0.05) is 11.6 Å². The monoisotopic (exact) mass is 254 g/mol. The average Bonchev–Trinajstić information content (AvgIpc) is 2.40. The summed E-state index contributed by atoms with van der Waals surface area (Å²) in [5.74, 6) is 0.189. The summed E-state index contributed by atoms with van der Waals surface area (Å²) in [7, 11) is 0. The summed E-state index contributed by atoms with van der Waals surface area (Å²) in [4.78, 5) is 11.7. The van der Waals surface area contributed by atoms with Crippen molar-refractivity contribution in [3.8, 4) is 11.5 Å². The van der Waals surface area contributed by atoms with Crippen molar-refractivity contribution in [1.29, 1.82) is 0 Å². The number of hydrogen-bond donors (Lipinski definition) is 1. The van der Waals surface area contributed by atoms with Crippen LogP contribution < -0.4 is 4.74 Å². The van der Waals surface area contributed by atoms with Crippen molar-refractivity contribution in [3.05, 3.63) is 65.7 Å². The molecular formula is C16H14O3. The highest BCUT2D eigenvalue weighted by atomic mass is 16.5. The molecule has 0 saturated carbocycles. The summed E-state index contributed by atoms with van der Waals surface area (Å²) in [5, 5.41) is 9.55. The minimum absolute atomic E-state index is 0.127. The van der Waals surface area contributed by atoms with Crippen LogP contribution in [0.25, 0.3) is 6.08 Å². The van der Waals surface area contributed by atoms with E-state index in [1.54, 1.807) is 30.3 Å². The third-order valence-corrected chi connectivity index (χ3v) is 2.64. The first-order valence-electron chi connectivity index (χ1n) is 5.90. The number of rotatable bonds is 3. The zero-order valence-electron chi connectivity index (χ0n) is 10.5. The van der Waals surface area contributed by atoms with Gasteiger partial charge in [0.05, 0.1) is 0 Å². The largest absolute Gasteiger partial charge is 0.507 e. The van der Waals surface area contributed by atoms with Crippen LogP contribution in [0.4, 0.5) is 0 Å². The molecule has 0 unspecified atom stereocenters. The lowest BCUT2D eigenvalue weighted by molar-refractivity contribution is -0.128. The molecule has 3 heteroatoms. The normalized spacial score (nSPS) is 10.6. The lowest BCUT2D eigenvalue weighted by Crippen LogP contribution is -2.04. The van der Waals surface area contributed by atoms with Crippen molar-refractivity contribution in [3.63, 3.8) is 0 Å². The number of ether oxygens (including phenoxy) is 1. The molecule has 0 aromatic heterocycles. The molecule has 1 N–H and O–H groups in total. The standard InChI is InChI=1S/C16H14O3/c1-12-6-2-5-9-15(12)19-16(18)11-10-13-7-3-4-8-14(13)17/h2-11,17H,1H3/b11-10+. The molecule has 0 amide bonds. The Bertz CT molecular complexity index is 615. The van der Waals surface area contributed by atoms with E-state index in [9.17, 15) is 9.90 Å². The average molecular weight is 254 g/mol. The number of aromatic hydroxyl groups is 1. The van der Waals surface area contributed by atoms with Crippen molar-refractivity contribution in [2.75, 3.05) is 0 Å². The molecule has 96 valence electrons. The lowest BCUT2D eigenvalue weighted by Gasteiger charge is -2.04.